The number of rotatable bonds is 6. The summed E-state index contributed by atoms with van der Waals surface area (Å²) in [7, 11) is -4.01. The predicted octanol–water partition coefficient (Wildman–Crippen LogP) is 1.71. The molecule has 0 spiro atoms. The third kappa shape index (κ3) is 4.77. The zero-order valence-electron chi connectivity index (χ0n) is 10.2. The van der Waals surface area contributed by atoms with Crippen LogP contribution in [-0.4, -0.2) is 27.5 Å². The Kier molecular flexibility index (Phi) is 5.71. The second-order valence-electron chi connectivity index (χ2n) is 3.53. The maximum Gasteiger partial charge on any atom is 0.307 e. The van der Waals surface area contributed by atoms with Crippen molar-refractivity contribution in [1.29, 1.82) is 0 Å². The molecule has 0 atom stereocenters. The van der Waals surface area contributed by atoms with E-state index in [1.807, 2.05) is 0 Å². The van der Waals surface area contributed by atoms with E-state index in [4.69, 9.17) is 11.6 Å². The van der Waals surface area contributed by atoms with Crippen molar-refractivity contribution in [1.82, 2.24) is 4.72 Å². The molecule has 0 unspecified atom stereocenters. The van der Waals surface area contributed by atoms with E-state index in [2.05, 4.69) is 9.46 Å². The summed E-state index contributed by atoms with van der Waals surface area (Å²) in [6.45, 7) is 1.70. The third-order valence-electron chi connectivity index (χ3n) is 2.11. The van der Waals surface area contributed by atoms with Gasteiger partial charge >= 0.3 is 5.97 Å². The van der Waals surface area contributed by atoms with E-state index < -0.39 is 26.7 Å². The topological polar surface area (TPSA) is 72.5 Å². The van der Waals surface area contributed by atoms with Gasteiger partial charge < -0.3 is 4.74 Å². The Labute approximate surface area is 115 Å². The average Bonchev–Trinajstić information content (AvgIpc) is 2.28. The fourth-order valence-corrected chi connectivity index (χ4v) is 2.54. The number of benzene rings is 1. The summed E-state index contributed by atoms with van der Waals surface area (Å²) < 4.78 is 43.7. The van der Waals surface area contributed by atoms with Crippen molar-refractivity contribution in [2.75, 3.05) is 13.2 Å². The molecule has 8 heteroatoms. The maximum absolute atomic E-state index is 13.5. The molecule has 1 aromatic carbocycles. The van der Waals surface area contributed by atoms with Crippen LogP contribution in [0.25, 0.3) is 0 Å². The van der Waals surface area contributed by atoms with Crippen LogP contribution in [-0.2, 0) is 19.6 Å². The molecule has 0 amide bonds. The first-order valence-corrected chi connectivity index (χ1v) is 7.33. The van der Waals surface area contributed by atoms with Crippen molar-refractivity contribution in [3.05, 3.63) is 29.0 Å². The summed E-state index contributed by atoms with van der Waals surface area (Å²) >= 11 is 5.53. The maximum atomic E-state index is 13.5. The van der Waals surface area contributed by atoms with Gasteiger partial charge in [0.05, 0.1) is 13.0 Å². The Morgan fingerprint density at radius 3 is 2.74 bits per heavy atom. The van der Waals surface area contributed by atoms with Crippen molar-refractivity contribution in [3.63, 3.8) is 0 Å². The molecule has 0 radical (unpaired) electrons. The first-order valence-electron chi connectivity index (χ1n) is 5.47. The number of carbonyl (C=O) groups is 1. The van der Waals surface area contributed by atoms with Gasteiger partial charge in [0.2, 0.25) is 10.0 Å². The molecule has 0 bridgehead atoms. The Morgan fingerprint density at radius 1 is 1.47 bits per heavy atom. The van der Waals surface area contributed by atoms with Gasteiger partial charge in [0.1, 0.15) is 10.7 Å². The molecule has 0 aliphatic heterocycles. The molecule has 1 N–H and O–H groups in total. The highest BCUT2D eigenvalue weighted by Gasteiger charge is 2.19. The molecule has 5 nitrogen and oxygen atoms in total. The standard InChI is InChI=1S/C11H13ClFNO4S/c1-2-18-11(15)5-6-14-19(16,17)10-4-3-8(12)7-9(10)13/h3-4,7,14H,2,5-6H2,1H3. The number of nitrogens with one attached hydrogen (secondary N) is 1. The van der Waals surface area contributed by atoms with Gasteiger partial charge in [0, 0.05) is 11.6 Å². The quantitative estimate of drug-likeness (QED) is 0.812. The summed E-state index contributed by atoms with van der Waals surface area (Å²) in [6.07, 6.45) is -0.123. The number of esters is 1. The van der Waals surface area contributed by atoms with Gasteiger partial charge in [0.15, 0.2) is 0 Å². The van der Waals surface area contributed by atoms with Crippen LogP contribution in [0.5, 0.6) is 0 Å². The third-order valence-corrected chi connectivity index (χ3v) is 3.84. The highest BCUT2D eigenvalue weighted by atomic mass is 35.5. The van der Waals surface area contributed by atoms with Gasteiger partial charge in [-0.05, 0) is 25.1 Å². The van der Waals surface area contributed by atoms with E-state index in [0.717, 1.165) is 12.1 Å². The van der Waals surface area contributed by atoms with Crippen LogP contribution >= 0.6 is 11.6 Å². The lowest BCUT2D eigenvalue weighted by Crippen LogP contribution is -2.27. The van der Waals surface area contributed by atoms with Crippen molar-refractivity contribution >= 4 is 27.6 Å². The highest BCUT2D eigenvalue weighted by Crippen LogP contribution is 2.18. The lowest BCUT2D eigenvalue weighted by Gasteiger charge is -2.07. The van der Waals surface area contributed by atoms with E-state index in [0.29, 0.717) is 0 Å². The van der Waals surface area contributed by atoms with Crippen molar-refractivity contribution in [2.45, 2.75) is 18.2 Å². The summed E-state index contributed by atoms with van der Waals surface area (Å²) in [5.74, 6) is -1.47. The number of sulfonamides is 1. The summed E-state index contributed by atoms with van der Waals surface area (Å²) in [4.78, 5) is 10.5. The van der Waals surface area contributed by atoms with Crippen molar-refractivity contribution in [3.8, 4) is 0 Å². The normalized spacial score (nSPS) is 11.3. The monoisotopic (exact) mass is 309 g/mol. The number of hydrogen-bond acceptors (Lipinski definition) is 4. The molecule has 0 saturated heterocycles. The van der Waals surface area contributed by atoms with Crippen molar-refractivity contribution < 1.29 is 22.3 Å². The second kappa shape index (κ2) is 6.83. The lowest BCUT2D eigenvalue weighted by atomic mass is 10.3. The first-order chi connectivity index (χ1) is 8.86. The van der Waals surface area contributed by atoms with Crippen LogP contribution in [0.3, 0.4) is 0 Å². The second-order valence-corrected chi connectivity index (χ2v) is 5.70. The summed E-state index contributed by atoms with van der Waals surface area (Å²) in [5.41, 5.74) is 0. The molecule has 0 saturated carbocycles. The van der Waals surface area contributed by atoms with E-state index in [9.17, 15) is 17.6 Å². The molecule has 1 aromatic rings. The fraction of sp³-hybridized carbons (Fsp3) is 0.364. The molecule has 0 aromatic heterocycles. The molecule has 0 heterocycles. The van der Waals surface area contributed by atoms with Gasteiger partial charge in [-0.15, -0.1) is 0 Å². The van der Waals surface area contributed by atoms with Crippen LogP contribution in [0.4, 0.5) is 4.39 Å². The minimum Gasteiger partial charge on any atom is -0.466 e. The molecule has 19 heavy (non-hydrogen) atoms. The van der Waals surface area contributed by atoms with Crippen LogP contribution in [0, 0.1) is 5.82 Å². The SMILES string of the molecule is CCOC(=O)CCNS(=O)(=O)c1ccc(Cl)cc1F. The molecular formula is C11H13ClFNO4S. The predicted molar refractivity (Wildman–Crippen MR) is 67.8 cm³/mol. The Hall–Kier alpha value is -1.18. The number of ether oxygens (including phenoxy) is 1. The summed E-state index contributed by atoms with van der Waals surface area (Å²) in [5, 5.41) is 0.1000. The molecule has 0 fully saturated rings. The van der Waals surface area contributed by atoms with E-state index in [-0.39, 0.29) is 24.6 Å². The minimum absolute atomic E-state index is 0.1000. The van der Waals surface area contributed by atoms with Crippen LogP contribution < -0.4 is 4.72 Å². The number of hydrogen-bond donors (Lipinski definition) is 1. The molecule has 0 aliphatic rings. The van der Waals surface area contributed by atoms with Gasteiger partial charge in [0.25, 0.3) is 0 Å². The molecular weight excluding hydrogens is 297 g/mol. The molecule has 106 valence electrons. The van der Waals surface area contributed by atoms with Crippen LogP contribution in [0.1, 0.15) is 13.3 Å². The largest absolute Gasteiger partial charge is 0.466 e. The van der Waals surface area contributed by atoms with Crippen LogP contribution in [0.15, 0.2) is 23.1 Å². The zero-order chi connectivity index (χ0) is 14.5. The smallest absolute Gasteiger partial charge is 0.307 e. The van der Waals surface area contributed by atoms with E-state index in [1.54, 1.807) is 6.92 Å². The Balaban J connectivity index is 2.68. The number of halogens is 2. The van der Waals surface area contributed by atoms with E-state index >= 15 is 0 Å². The fourth-order valence-electron chi connectivity index (χ4n) is 1.29. The minimum atomic E-state index is -4.01. The molecule has 0 aliphatic carbocycles. The van der Waals surface area contributed by atoms with Crippen molar-refractivity contribution in [2.24, 2.45) is 0 Å². The molecule has 1 rings (SSSR count). The summed E-state index contributed by atoms with van der Waals surface area (Å²) in [6, 6.07) is 3.23. The average molecular weight is 310 g/mol. The first kappa shape index (κ1) is 15.9. The van der Waals surface area contributed by atoms with Gasteiger partial charge in [-0.3, -0.25) is 4.79 Å². The Bertz CT molecular complexity index is 562. The zero-order valence-corrected chi connectivity index (χ0v) is 11.7. The Morgan fingerprint density at radius 2 is 2.16 bits per heavy atom. The lowest BCUT2D eigenvalue weighted by molar-refractivity contribution is -0.142. The number of carbonyl (C=O) groups excluding carboxylic acids is 1. The van der Waals surface area contributed by atoms with Gasteiger partial charge in [-0.2, -0.15) is 0 Å². The highest BCUT2D eigenvalue weighted by molar-refractivity contribution is 7.89. The van der Waals surface area contributed by atoms with Gasteiger partial charge in [-0.1, -0.05) is 11.6 Å². The van der Waals surface area contributed by atoms with Crippen LogP contribution in [0.2, 0.25) is 5.02 Å². The van der Waals surface area contributed by atoms with E-state index in [1.165, 1.54) is 6.07 Å². The van der Waals surface area contributed by atoms with Gasteiger partial charge in [-0.25, -0.2) is 17.5 Å².